The van der Waals surface area contributed by atoms with E-state index in [0.717, 1.165) is 42.4 Å². The zero-order valence-corrected chi connectivity index (χ0v) is 16.4. The molecule has 1 aliphatic carbocycles. The fourth-order valence-electron chi connectivity index (χ4n) is 3.87. The van der Waals surface area contributed by atoms with E-state index in [-0.39, 0.29) is 30.4 Å². The van der Waals surface area contributed by atoms with Crippen molar-refractivity contribution in [3.63, 3.8) is 0 Å². The highest BCUT2D eigenvalue weighted by Gasteiger charge is 2.24. The highest BCUT2D eigenvalue weighted by molar-refractivity contribution is 5.84. The molecule has 0 heterocycles. The molecule has 0 bridgehead atoms. The number of aliphatic hydroxyl groups excluding tert-OH is 1. The predicted octanol–water partition coefficient (Wildman–Crippen LogP) is 3.42. The smallest absolute Gasteiger partial charge is 0.227 e. The average molecular weight is 380 g/mol. The van der Waals surface area contributed by atoms with Gasteiger partial charge in [0.1, 0.15) is 5.78 Å². The maximum absolute atomic E-state index is 12.6. The van der Waals surface area contributed by atoms with Crippen LogP contribution < -0.4 is 5.32 Å². The van der Waals surface area contributed by atoms with Crippen LogP contribution in [-0.4, -0.2) is 29.4 Å². The lowest BCUT2D eigenvalue weighted by molar-refractivity contribution is -0.123. The van der Waals surface area contributed by atoms with E-state index < -0.39 is 0 Å². The van der Waals surface area contributed by atoms with E-state index in [1.165, 1.54) is 0 Å². The van der Waals surface area contributed by atoms with Crippen LogP contribution in [0.25, 0.3) is 0 Å². The van der Waals surface area contributed by atoms with Gasteiger partial charge in [0.2, 0.25) is 5.91 Å². The molecule has 3 rings (SSSR count). The highest BCUT2D eigenvalue weighted by Crippen LogP contribution is 2.26. The Morgan fingerprint density at radius 1 is 1.11 bits per heavy atom. The zero-order chi connectivity index (χ0) is 19.9. The fourth-order valence-corrected chi connectivity index (χ4v) is 3.87. The second kappa shape index (κ2) is 9.65. The maximum atomic E-state index is 12.6. The summed E-state index contributed by atoms with van der Waals surface area (Å²) in [7, 11) is 0. The van der Waals surface area contributed by atoms with Crippen molar-refractivity contribution >= 4 is 11.7 Å². The largest absolute Gasteiger partial charge is 0.394 e. The number of benzene rings is 2. The normalized spacial score (nSPS) is 18.6. The quantitative estimate of drug-likeness (QED) is 0.739. The van der Waals surface area contributed by atoms with Crippen LogP contribution in [0.4, 0.5) is 0 Å². The van der Waals surface area contributed by atoms with Crippen molar-refractivity contribution in [2.45, 2.75) is 51.0 Å². The first kappa shape index (κ1) is 20.3. The number of carbonyl (C=O) groups is 2. The van der Waals surface area contributed by atoms with Crippen LogP contribution in [0.2, 0.25) is 0 Å². The monoisotopic (exact) mass is 379 g/mol. The Labute approximate surface area is 167 Å². The SMILES string of the molecule is CC(C(=O)NC(CO)Cc1ccccc1)c1ccc(CC2CCCC2=O)cc1. The Hall–Kier alpha value is -2.46. The Balaban J connectivity index is 1.56. The molecule has 2 aromatic carbocycles. The molecule has 4 heteroatoms. The van der Waals surface area contributed by atoms with Gasteiger partial charge in [0, 0.05) is 12.3 Å². The van der Waals surface area contributed by atoms with Crippen LogP contribution in [0, 0.1) is 5.92 Å². The second-order valence-corrected chi connectivity index (χ2v) is 7.80. The number of hydrogen-bond acceptors (Lipinski definition) is 3. The summed E-state index contributed by atoms with van der Waals surface area (Å²) in [6.07, 6.45) is 4.11. The van der Waals surface area contributed by atoms with Gasteiger partial charge < -0.3 is 10.4 Å². The van der Waals surface area contributed by atoms with E-state index in [4.69, 9.17) is 0 Å². The van der Waals surface area contributed by atoms with Gasteiger partial charge in [-0.15, -0.1) is 0 Å². The van der Waals surface area contributed by atoms with Gasteiger partial charge in [-0.1, -0.05) is 54.6 Å². The van der Waals surface area contributed by atoms with Crippen molar-refractivity contribution in [2.24, 2.45) is 5.92 Å². The molecule has 1 saturated carbocycles. The summed E-state index contributed by atoms with van der Waals surface area (Å²) in [5.41, 5.74) is 3.17. The molecule has 3 atom stereocenters. The molecule has 2 N–H and O–H groups in total. The lowest BCUT2D eigenvalue weighted by Crippen LogP contribution is -2.41. The topological polar surface area (TPSA) is 66.4 Å². The van der Waals surface area contributed by atoms with Crippen molar-refractivity contribution in [3.8, 4) is 0 Å². The number of amides is 1. The molecule has 148 valence electrons. The first-order valence-electron chi connectivity index (χ1n) is 10.1. The summed E-state index contributed by atoms with van der Waals surface area (Å²) in [5, 5.41) is 12.6. The van der Waals surface area contributed by atoms with Crippen molar-refractivity contribution in [1.82, 2.24) is 5.32 Å². The van der Waals surface area contributed by atoms with Gasteiger partial charge in [0.25, 0.3) is 0 Å². The average Bonchev–Trinajstić information content (AvgIpc) is 3.12. The lowest BCUT2D eigenvalue weighted by Gasteiger charge is -2.20. The maximum Gasteiger partial charge on any atom is 0.227 e. The summed E-state index contributed by atoms with van der Waals surface area (Å²) in [5.74, 6) is 0.154. The molecule has 1 amide bonds. The molecule has 4 nitrogen and oxygen atoms in total. The summed E-state index contributed by atoms with van der Waals surface area (Å²) >= 11 is 0. The number of ketones is 1. The van der Waals surface area contributed by atoms with Gasteiger partial charge in [-0.3, -0.25) is 9.59 Å². The molecule has 3 unspecified atom stereocenters. The number of carbonyl (C=O) groups excluding carboxylic acids is 2. The van der Waals surface area contributed by atoms with E-state index in [0.29, 0.717) is 12.2 Å². The van der Waals surface area contributed by atoms with E-state index in [1.54, 1.807) is 0 Å². The summed E-state index contributed by atoms with van der Waals surface area (Å²) in [4.78, 5) is 24.5. The standard InChI is InChI=1S/C24H29NO3/c1-17(24(28)25-22(16-26)15-18-6-3-2-4-7-18)20-12-10-19(11-13-20)14-21-8-5-9-23(21)27/h2-4,6-7,10-13,17,21-22,26H,5,8-9,14-16H2,1H3,(H,25,28). The van der Waals surface area contributed by atoms with Crippen LogP contribution >= 0.6 is 0 Å². The third-order valence-corrected chi connectivity index (χ3v) is 5.68. The minimum Gasteiger partial charge on any atom is -0.394 e. The zero-order valence-electron chi connectivity index (χ0n) is 16.4. The third kappa shape index (κ3) is 5.29. The van der Waals surface area contributed by atoms with Crippen LogP contribution in [0.3, 0.4) is 0 Å². The van der Waals surface area contributed by atoms with Gasteiger partial charge >= 0.3 is 0 Å². The van der Waals surface area contributed by atoms with E-state index >= 15 is 0 Å². The van der Waals surface area contributed by atoms with Crippen molar-refractivity contribution in [2.75, 3.05) is 6.61 Å². The third-order valence-electron chi connectivity index (χ3n) is 5.68. The number of nitrogens with one attached hydrogen (secondary N) is 1. The van der Waals surface area contributed by atoms with Gasteiger partial charge in [-0.05, 0) is 49.3 Å². The summed E-state index contributed by atoms with van der Waals surface area (Å²) < 4.78 is 0. The molecule has 0 aromatic heterocycles. The van der Waals surface area contributed by atoms with E-state index in [9.17, 15) is 14.7 Å². The Morgan fingerprint density at radius 2 is 1.82 bits per heavy atom. The van der Waals surface area contributed by atoms with Crippen LogP contribution in [0.5, 0.6) is 0 Å². The Morgan fingerprint density at radius 3 is 2.43 bits per heavy atom. The van der Waals surface area contributed by atoms with Gasteiger partial charge in [-0.2, -0.15) is 0 Å². The Bertz CT molecular complexity index is 785. The lowest BCUT2D eigenvalue weighted by atomic mass is 9.93. The van der Waals surface area contributed by atoms with Gasteiger partial charge in [-0.25, -0.2) is 0 Å². The molecule has 0 radical (unpaired) electrons. The number of rotatable bonds is 8. The number of aliphatic hydroxyl groups is 1. The fraction of sp³-hybridized carbons (Fsp3) is 0.417. The molecule has 0 saturated heterocycles. The van der Waals surface area contributed by atoms with E-state index in [2.05, 4.69) is 5.32 Å². The first-order valence-corrected chi connectivity index (χ1v) is 10.1. The highest BCUT2D eigenvalue weighted by atomic mass is 16.3. The molecule has 0 aliphatic heterocycles. The van der Waals surface area contributed by atoms with Crippen LogP contribution in [-0.2, 0) is 22.4 Å². The molecule has 2 aromatic rings. The predicted molar refractivity (Wildman–Crippen MR) is 110 cm³/mol. The van der Waals surface area contributed by atoms with Gasteiger partial charge in [0.15, 0.2) is 0 Å². The minimum atomic E-state index is -0.301. The number of Topliss-reactive ketones (excluding diaryl/α,β-unsaturated/α-hetero) is 1. The first-order chi connectivity index (χ1) is 13.6. The van der Waals surface area contributed by atoms with Crippen molar-refractivity contribution in [3.05, 3.63) is 71.3 Å². The molecule has 1 fully saturated rings. The Kier molecular flexibility index (Phi) is 6.99. The molecular weight excluding hydrogens is 350 g/mol. The molecular formula is C24H29NO3. The van der Waals surface area contributed by atoms with Crippen molar-refractivity contribution < 1.29 is 14.7 Å². The van der Waals surface area contributed by atoms with Crippen LogP contribution in [0.15, 0.2) is 54.6 Å². The van der Waals surface area contributed by atoms with E-state index in [1.807, 2.05) is 61.5 Å². The summed E-state index contributed by atoms with van der Waals surface area (Å²) in [6, 6.07) is 17.5. The molecule has 1 aliphatic rings. The minimum absolute atomic E-state index is 0.0892. The summed E-state index contributed by atoms with van der Waals surface area (Å²) in [6.45, 7) is 1.78. The van der Waals surface area contributed by atoms with Gasteiger partial charge in [0.05, 0.1) is 18.6 Å². The van der Waals surface area contributed by atoms with Crippen LogP contribution in [0.1, 0.15) is 48.8 Å². The molecule has 0 spiro atoms. The second-order valence-electron chi connectivity index (χ2n) is 7.80. The van der Waals surface area contributed by atoms with Crippen molar-refractivity contribution in [1.29, 1.82) is 0 Å². The number of hydrogen-bond donors (Lipinski definition) is 2. The molecule has 28 heavy (non-hydrogen) atoms.